The highest BCUT2D eigenvalue weighted by Gasteiger charge is 2.35. The van der Waals surface area contributed by atoms with E-state index < -0.39 is 24.4 Å². The van der Waals surface area contributed by atoms with Crippen LogP contribution < -0.4 is 15.4 Å². The Hall–Kier alpha value is -4.62. The molecule has 196 valence electrons. The van der Waals surface area contributed by atoms with Crippen LogP contribution in [0, 0.1) is 0 Å². The van der Waals surface area contributed by atoms with Crippen molar-refractivity contribution < 1.29 is 19.1 Å². The van der Waals surface area contributed by atoms with Crippen LogP contribution in [0.1, 0.15) is 23.6 Å². The topological polar surface area (TPSA) is 87.7 Å². The highest BCUT2D eigenvalue weighted by atomic mass is 35.5. The molecule has 1 saturated heterocycles. The monoisotopic (exact) mass is 539 g/mol. The molecular formula is C31H26ClN3O4. The molecule has 0 bridgehead atoms. The summed E-state index contributed by atoms with van der Waals surface area (Å²) in [5, 5.41) is 7.86. The number of aryl methyl sites for hydroxylation is 1. The lowest BCUT2D eigenvalue weighted by atomic mass is 10.0. The molecule has 1 heterocycles. The minimum absolute atomic E-state index is 0.0643. The molecule has 39 heavy (non-hydrogen) atoms. The molecule has 0 aliphatic carbocycles. The molecular weight excluding hydrogens is 514 g/mol. The maximum Gasteiger partial charge on any atom is 0.329 e. The smallest absolute Gasteiger partial charge is 0.329 e. The van der Waals surface area contributed by atoms with E-state index in [2.05, 4.69) is 10.6 Å². The number of nitrogens with one attached hydrogen (secondary N) is 2. The van der Waals surface area contributed by atoms with Gasteiger partial charge in [0.05, 0.1) is 0 Å². The number of anilines is 1. The third-order valence-corrected chi connectivity index (χ3v) is 6.72. The first-order valence-corrected chi connectivity index (χ1v) is 12.9. The molecule has 1 aliphatic heterocycles. The van der Waals surface area contributed by atoms with Crippen molar-refractivity contribution in [2.75, 3.05) is 11.9 Å². The lowest BCUT2D eigenvalue weighted by molar-refractivity contribution is -0.127. The number of nitrogens with zero attached hydrogens (tertiary/aromatic N) is 1. The van der Waals surface area contributed by atoms with E-state index in [4.69, 9.17) is 16.3 Å². The summed E-state index contributed by atoms with van der Waals surface area (Å²) in [6.45, 7) is 1.87. The predicted molar refractivity (Wildman–Crippen MR) is 152 cm³/mol. The van der Waals surface area contributed by atoms with Crippen molar-refractivity contribution in [1.29, 1.82) is 0 Å². The molecule has 2 N–H and O–H groups in total. The van der Waals surface area contributed by atoms with Crippen LogP contribution >= 0.6 is 11.6 Å². The molecule has 0 saturated carbocycles. The van der Waals surface area contributed by atoms with Gasteiger partial charge in [0.1, 0.15) is 24.6 Å². The zero-order valence-electron chi connectivity index (χ0n) is 21.2. The second-order valence-electron chi connectivity index (χ2n) is 9.05. The fourth-order valence-corrected chi connectivity index (χ4v) is 4.56. The number of imide groups is 1. The van der Waals surface area contributed by atoms with Gasteiger partial charge in [0.25, 0.3) is 5.91 Å². The van der Waals surface area contributed by atoms with E-state index in [1.807, 2.05) is 73.7 Å². The van der Waals surface area contributed by atoms with E-state index in [0.717, 1.165) is 33.2 Å². The second-order valence-corrected chi connectivity index (χ2v) is 9.49. The molecule has 0 radical (unpaired) electrons. The van der Waals surface area contributed by atoms with Gasteiger partial charge in [-0.3, -0.25) is 9.59 Å². The fraction of sp³-hybridized carbons (Fsp3) is 0.129. The summed E-state index contributed by atoms with van der Waals surface area (Å²) in [7, 11) is 0. The van der Waals surface area contributed by atoms with E-state index in [0.29, 0.717) is 22.0 Å². The van der Waals surface area contributed by atoms with E-state index in [-0.39, 0.29) is 12.3 Å². The molecule has 0 atom stereocenters. The Bertz CT molecular complexity index is 1600. The molecule has 0 aromatic heterocycles. The largest absolute Gasteiger partial charge is 0.488 e. The number of halogens is 1. The van der Waals surface area contributed by atoms with Crippen LogP contribution in [-0.4, -0.2) is 29.3 Å². The number of para-hydroxylation sites is 1. The molecule has 1 fully saturated rings. The number of carbonyl (C=O) groups is 3. The van der Waals surface area contributed by atoms with Crippen LogP contribution in [0.15, 0.2) is 90.6 Å². The van der Waals surface area contributed by atoms with Gasteiger partial charge >= 0.3 is 6.03 Å². The Balaban J connectivity index is 1.39. The number of carbonyl (C=O) groups excluding carboxylic acids is 3. The van der Waals surface area contributed by atoms with Crippen molar-refractivity contribution in [1.82, 2.24) is 10.2 Å². The molecule has 0 unspecified atom stereocenters. The lowest BCUT2D eigenvalue weighted by Gasteiger charge is -2.14. The summed E-state index contributed by atoms with van der Waals surface area (Å²) in [6, 6.07) is 25.6. The van der Waals surface area contributed by atoms with Crippen molar-refractivity contribution in [3.63, 3.8) is 0 Å². The number of ether oxygens (including phenoxy) is 1. The Morgan fingerprint density at radius 2 is 1.72 bits per heavy atom. The number of benzene rings is 4. The van der Waals surface area contributed by atoms with Gasteiger partial charge in [-0.2, -0.15) is 0 Å². The van der Waals surface area contributed by atoms with E-state index >= 15 is 0 Å². The van der Waals surface area contributed by atoms with Gasteiger partial charge in [-0.05, 0) is 58.7 Å². The Morgan fingerprint density at radius 1 is 0.974 bits per heavy atom. The predicted octanol–water partition coefficient (Wildman–Crippen LogP) is 6.17. The molecule has 4 amide bonds. The minimum Gasteiger partial charge on any atom is -0.488 e. The number of amides is 4. The van der Waals surface area contributed by atoms with Gasteiger partial charge < -0.3 is 15.4 Å². The first-order chi connectivity index (χ1) is 18.9. The average molecular weight is 540 g/mol. The van der Waals surface area contributed by atoms with Gasteiger partial charge in [-0.1, -0.05) is 79.2 Å². The van der Waals surface area contributed by atoms with Gasteiger partial charge in [-0.25, -0.2) is 9.69 Å². The summed E-state index contributed by atoms with van der Waals surface area (Å²) in [4.78, 5) is 39.6. The van der Waals surface area contributed by atoms with Gasteiger partial charge in [0.2, 0.25) is 5.91 Å². The zero-order chi connectivity index (χ0) is 27.4. The van der Waals surface area contributed by atoms with Crippen LogP contribution in [0.25, 0.3) is 16.8 Å². The highest BCUT2D eigenvalue weighted by molar-refractivity contribution is 6.30. The average Bonchev–Trinajstić information content (AvgIpc) is 3.21. The Morgan fingerprint density at radius 3 is 2.51 bits per heavy atom. The number of hydrogen-bond acceptors (Lipinski definition) is 4. The van der Waals surface area contributed by atoms with Crippen LogP contribution in [0.2, 0.25) is 5.02 Å². The van der Waals surface area contributed by atoms with Crippen molar-refractivity contribution >= 4 is 52.0 Å². The van der Waals surface area contributed by atoms with E-state index in [1.54, 1.807) is 24.3 Å². The third kappa shape index (κ3) is 5.78. The molecule has 1 aliphatic rings. The Kier molecular flexibility index (Phi) is 7.61. The summed E-state index contributed by atoms with van der Waals surface area (Å²) < 4.78 is 6.13. The Labute approximate surface area is 231 Å². The van der Waals surface area contributed by atoms with Crippen LogP contribution in [-0.2, 0) is 22.6 Å². The summed E-state index contributed by atoms with van der Waals surface area (Å²) in [5.74, 6) is -0.501. The maximum atomic E-state index is 13.2. The molecule has 7 nitrogen and oxygen atoms in total. The maximum absolute atomic E-state index is 13.2. The minimum atomic E-state index is -0.658. The van der Waals surface area contributed by atoms with E-state index in [1.165, 1.54) is 0 Å². The first kappa shape index (κ1) is 26.0. The van der Waals surface area contributed by atoms with Crippen LogP contribution in [0.5, 0.6) is 5.75 Å². The SMILES string of the molecule is CCc1ccccc1NC(=O)CN1C(=O)N/C(=C/c2c(OCc3ccc(Cl)cc3)ccc3ccccc23)C1=O. The first-order valence-electron chi connectivity index (χ1n) is 12.5. The van der Waals surface area contributed by atoms with Crippen molar-refractivity contribution in [2.45, 2.75) is 20.0 Å². The summed E-state index contributed by atoms with van der Waals surface area (Å²) >= 11 is 5.99. The number of urea groups is 1. The van der Waals surface area contributed by atoms with Gasteiger partial charge in [0, 0.05) is 16.3 Å². The van der Waals surface area contributed by atoms with Crippen molar-refractivity contribution in [3.05, 3.63) is 112 Å². The number of fused-ring (bicyclic) bond motifs is 1. The quantitative estimate of drug-likeness (QED) is 0.207. The summed E-state index contributed by atoms with van der Waals surface area (Å²) in [6.07, 6.45) is 2.34. The lowest BCUT2D eigenvalue weighted by Crippen LogP contribution is -2.38. The molecule has 5 rings (SSSR count). The standard InChI is InChI=1S/C31H26ClN3O4/c1-2-21-7-4-6-10-26(21)33-29(36)18-35-30(37)27(34-31(35)38)17-25-24-9-5-3-8-22(24)13-16-28(25)39-19-20-11-14-23(32)15-12-20/h3-17H,2,18-19H2,1H3,(H,33,36)(H,34,38)/b27-17+. The fourth-order valence-electron chi connectivity index (χ4n) is 4.44. The van der Waals surface area contributed by atoms with Crippen LogP contribution in [0.3, 0.4) is 0 Å². The molecule has 0 spiro atoms. The highest BCUT2D eigenvalue weighted by Crippen LogP contribution is 2.31. The molecule has 4 aromatic rings. The normalized spacial score (nSPS) is 14.1. The van der Waals surface area contributed by atoms with Crippen molar-refractivity contribution in [3.8, 4) is 5.75 Å². The molecule has 4 aromatic carbocycles. The van der Waals surface area contributed by atoms with Gasteiger partial charge in [-0.15, -0.1) is 0 Å². The molecule has 8 heteroatoms. The van der Waals surface area contributed by atoms with Gasteiger partial charge in [0.15, 0.2) is 0 Å². The van der Waals surface area contributed by atoms with E-state index in [9.17, 15) is 14.4 Å². The second kappa shape index (κ2) is 11.4. The van der Waals surface area contributed by atoms with Crippen molar-refractivity contribution in [2.24, 2.45) is 0 Å². The number of hydrogen-bond donors (Lipinski definition) is 2. The zero-order valence-corrected chi connectivity index (χ0v) is 22.0. The van der Waals surface area contributed by atoms with Crippen LogP contribution in [0.4, 0.5) is 10.5 Å². The summed E-state index contributed by atoms with van der Waals surface area (Å²) in [5.41, 5.74) is 3.26. The number of rotatable bonds is 8. The third-order valence-electron chi connectivity index (χ3n) is 6.46.